The normalized spacial score (nSPS) is 12.6. The summed E-state index contributed by atoms with van der Waals surface area (Å²) in [6.07, 6.45) is 0.976. The molecule has 5 heteroatoms. The molecule has 0 bridgehead atoms. The Labute approximate surface area is 111 Å². The Bertz CT molecular complexity index is 535. The fourth-order valence-electron chi connectivity index (χ4n) is 1.84. The summed E-state index contributed by atoms with van der Waals surface area (Å²) in [6.45, 7) is 4.00. The summed E-state index contributed by atoms with van der Waals surface area (Å²) < 4.78 is 0. The highest BCUT2D eigenvalue weighted by Gasteiger charge is 2.15. The van der Waals surface area contributed by atoms with Crippen molar-refractivity contribution in [2.75, 3.05) is 7.05 Å². The summed E-state index contributed by atoms with van der Waals surface area (Å²) in [5.74, 6) is 0.296. The Hall–Kier alpha value is -1.46. The van der Waals surface area contributed by atoms with Gasteiger partial charge in [0.2, 0.25) is 0 Å². The lowest BCUT2D eigenvalue weighted by Crippen LogP contribution is -2.14. The standard InChI is InChI=1S/C13H17N3OS/c1-4-10(14-3)13-16-15-12(18-13)9-6-5-7-11(17)8(9)2/h5-7,10,14,17H,4H2,1-3H3. The van der Waals surface area contributed by atoms with Gasteiger partial charge in [-0.2, -0.15) is 0 Å². The van der Waals surface area contributed by atoms with E-state index in [1.54, 1.807) is 17.4 Å². The van der Waals surface area contributed by atoms with E-state index in [9.17, 15) is 5.11 Å². The zero-order chi connectivity index (χ0) is 13.1. The van der Waals surface area contributed by atoms with Crippen LogP contribution in [0.4, 0.5) is 0 Å². The molecule has 96 valence electrons. The van der Waals surface area contributed by atoms with Crippen LogP contribution in [-0.4, -0.2) is 22.4 Å². The third-order valence-electron chi connectivity index (χ3n) is 3.03. The summed E-state index contributed by atoms with van der Waals surface area (Å²) in [6, 6.07) is 5.71. The molecule has 18 heavy (non-hydrogen) atoms. The molecule has 0 saturated carbocycles. The highest BCUT2D eigenvalue weighted by Crippen LogP contribution is 2.32. The van der Waals surface area contributed by atoms with Crippen LogP contribution in [0.15, 0.2) is 18.2 Å². The van der Waals surface area contributed by atoms with Crippen LogP contribution in [0.1, 0.15) is 30.0 Å². The lowest BCUT2D eigenvalue weighted by atomic mass is 10.1. The van der Waals surface area contributed by atoms with Crippen molar-refractivity contribution in [3.05, 3.63) is 28.8 Å². The largest absolute Gasteiger partial charge is 0.508 e. The second-order valence-corrected chi connectivity index (χ2v) is 5.15. The van der Waals surface area contributed by atoms with Crippen LogP contribution in [0.5, 0.6) is 5.75 Å². The lowest BCUT2D eigenvalue weighted by molar-refractivity contribution is 0.471. The molecule has 1 atom stereocenters. The first-order chi connectivity index (χ1) is 8.67. The highest BCUT2D eigenvalue weighted by molar-refractivity contribution is 7.14. The minimum atomic E-state index is 0.244. The Balaban J connectivity index is 2.38. The molecule has 0 amide bonds. The summed E-state index contributed by atoms with van der Waals surface area (Å²) in [4.78, 5) is 0. The van der Waals surface area contributed by atoms with E-state index >= 15 is 0 Å². The molecule has 2 N–H and O–H groups in total. The molecule has 4 nitrogen and oxygen atoms in total. The smallest absolute Gasteiger partial charge is 0.148 e. The first kappa shape index (κ1) is 13.0. The number of hydrogen-bond donors (Lipinski definition) is 2. The molecule has 0 aliphatic carbocycles. The van der Waals surface area contributed by atoms with Gasteiger partial charge >= 0.3 is 0 Å². The Kier molecular flexibility index (Phi) is 3.93. The van der Waals surface area contributed by atoms with Crippen molar-refractivity contribution in [1.29, 1.82) is 0 Å². The predicted molar refractivity (Wildman–Crippen MR) is 73.8 cm³/mol. The number of aromatic nitrogens is 2. The minimum absolute atomic E-state index is 0.244. The number of rotatable bonds is 4. The predicted octanol–water partition coefficient (Wildman–Crippen LogP) is 2.89. The van der Waals surface area contributed by atoms with E-state index < -0.39 is 0 Å². The van der Waals surface area contributed by atoms with Gasteiger partial charge in [-0.1, -0.05) is 30.4 Å². The number of hydrogen-bond acceptors (Lipinski definition) is 5. The fraction of sp³-hybridized carbons (Fsp3) is 0.385. The third-order valence-corrected chi connectivity index (χ3v) is 4.10. The van der Waals surface area contributed by atoms with Gasteiger partial charge in [0, 0.05) is 11.1 Å². The van der Waals surface area contributed by atoms with Crippen LogP contribution >= 0.6 is 11.3 Å². The first-order valence-corrected chi connectivity index (χ1v) is 6.78. The van der Waals surface area contributed by atoms with Crippen molar-refractivity contribution in [2.24, 2.45) is 0 Å². The van der Waals surface area contributed by atoms with Crippen LogP contribution in [-0.2, 0) is 0 Å². The van der Waals surface area contributed by atoms with E-state index in [0.717, 1.165) is 27.6 Å². The van der Waals surface area contributed by atoms with Crippen LogP contribution in [0.25, 0.3) is 10.6 Å². The first-order valence-electron chi connectivity index (χ1n) is 5.97. The zero-order valence-corrected chi connectivity index (χ0v) is 11.6. The molecule has 0 aliphatic heterocycles. The molecule has 2 aromatic rings. The Morgan fingerprint density at radius 1 is 1.39 bits per heavy atom. The zero-order valence-electron chi connectivity index (χ0n) is 10.8. The van der Waals surface area contributed by atoms with Gasteiger partial charge in [0.05, 0.1) is 6.04 Å². The minimum Gasteiger partial charge on any atom is -0.508 e. The average Bonchev–Trinajstić information content (AvgIpc) is 2.84. The molecule has 0 spiro atoms. The molecule has 1 aromatic carbocycles. The second-order valence-electron chi connectivity index (χ2n) is 4.14. The molecule has 2 rings (SSSR count). The number of aromatic hydroxyl groups is 1. The monoisotopic (exact) mass is 263 g/mol. The van der Waals surface area contributed by atoms with Gasteiger partial charge in [0.25, 0.3) is 0 Å². The molecule has 1 heterocycles. The summed E-state index contributed by atoms with van der Waals surface area (Å²) in [5.41, 5.74) is 1.79. The van der Waals surface area contributed by atoms with Crippen LogP contribution in [0.3, 0.4) is 0 Å². The number of phenolic OH excluding ortho intramolecular Hbond substituents is 1. The maximum atomic E-state index is 9.71. The van der Waals surface area contributed by atoms with Crippen LogP contribution in [0.2, 0.25) is 0 Å². The van der Waals surface area contributed by atoms with Gasteiger partial charge in [-0.25, -0.2) is 0 Å². The Morgan fingerprint density at radius 3 is 2.83 bits per heavy atom. The SMILES string of the molecule is CCC(NC)c1nnc(-c2cccc(O)c2C)s1. The van der Waals surface area contributed by atoms with Gasteiger partial charge < -0.3 is 10.4 Å². The fourth-order valence-corrected chi connectivity index (χ4v) is 2.96. The van der Waals surface area contributed by atoms with Crippen molar-refractivity contribution < 1.29 is 5.11 Å². The quantitative estimate of drug-likeness (QED) is 0.890. The number of phenols is 1. The van der Waals surface area contributed by atoms with Crippen molar-refractivity contribution >= 4 is 11.3 Å². The van der Waals surface area contributed by atoms with Crippen molar-refractivity contribution in [2.45, 2.75) is 26.3 Å². The summed E-state index contributed by atoms with van der Waals surface area (Å²) in [5, 5.41) is 23.2. The summed E-state index contributed by atoms with van der Waals surface area (Å²) in [7, 11) is 1.93. The van der Waals surface area contributed by atoms with E-state index in [-0.39, 0.29) is 6.04 Å². The molecular formula is C13H17N3OS. The Morgan fingerprint density at radius 2 is 2.17 bits per heavy atom. The molecule has 1 aromatic heterocycles. The van der Waals surface area contributed by atoms with Crippen molar-refractivity contribution in [3.63, 3.8) is 0 Å². The van der Waals surface area contributed by atoms with Crippen molar-refractivity contribution in [3.8, 4) is 16.3 Å². The molecular weight excluding hydrogens is 246 g/mol. The number of nitrogens with zero attached hydrogens (tertiary/aromatic N) is 2. The maximum absolute atomic E-state index is 9.71. The molecule has 1 unspecified atom stereocenters. The van der Waals surface area contributed by atoms with E-state index in [0.29, 0.717) is 5.75 Å². The molecule has 0 saturated heterocycles. The number of benzene rings is 1. The molecule has 0 aliphatic rings. The molecule has 0 fully saturated rings. The number of nitrogens with one attached hydrogen (secondary N) is 1. The van der Waals surface area contributed by atoms with Gasteiger partial charge in [-0.3, -0.25) is 0 Å². The van der Waals surface area contributed by atoms with Crippen LogP contribution < -0.4 is 5.32 Å². The van der Waals surface area contributed by atoms with E-state index in [4.69, 9.17) is 0 Å². The second kappa shape index (κ2) is 5.46. The van der Waals surface area contributed by atoms with Crippen LogP contribution in [0, 0.1) is 6.92 Å². The lowest BCUT2D eigenvalue weighted by Gasteiger charge is -2.08. The third kappa shape index (κ3) is 2.37. The highest BCUT2D eigenvalue weighted by atomic mass is 32.1. The van der Waals surface area contributed by atoms with Gasteiger partial charge in [0.15, 0.2) is 0 Å². The summed E-state index contributed by atoms with van der Waals surface area (Å²) >= 11 is 1.57. The van der Waals surface area contributed by atoms with E-state index in [1.165, 1.54) is 0 Å². The molecule has 0 radical (unpaired) electrons. The maximum Gasteiger partial charge on any atom is 0.148 e. The van der Waals surface area contributed by atoms with E-state index in [2.05, 4.69) is 22.4 Å². The topological polar surface area (TPSA) is 58.0 Å². The van der Waals surface area contributed by atoms with Gasteiger partial charge in [-0.15, -0.1) is 10.2 Å². The van der Waals surface area contributed by atoms with Crippen molar-refractivity contribution in [1.82, 2.24) is 15.5 Å². The van der Waals surface area contributed by atoms with E-state index in [1.807, 2.05) is 26.1 Å². The average molecular weight is 263 g/mol. The van der Waals surface area contributed by atoms with Gasteiger partial charge in [-0.05, 0) is 26.5 Å². The van der Waals surface area contributed by atoms with Gasteiger partial charge in [0.1, 0.15) is 15.8 Å².